The van der Waals surface area contributed by atoms with E-state index in [-0.39, 0.29) is 5.91 Å². The standard InChI is InChI=1S/C19H15Cl2NO/c1-11-6-7-14(12(2)8-11)18-10-13(19(23)22-18)9-15-16(20)4-3-5-17(15)21/h3-10H,1-2H3,(H,22,23)/b13-9+. The van der Waals surface area contributed by atoms with Crippen molar-refractivity contribution in [1.82, 2.24) is 5.32 Å². The van der Waals surface area contributed by atoms with Gasteiger partial charge < -0.3 is 5.32 Å². The predicted octanol–water partition coefficient (Wildman–Crippen LogP) is 5.16. The molecule has 1 aliphatic rings. The Kier molecular flexibility index (Phi) is 4.29. The second kappa shape index (κ2) is 6.23. The van der Waals surface area contributed by atoms with E-state index in [1.54, 1.807) is 24.3 Å². The SMILES string of the molecule is Cc1ccc(C2=C/C(=C\c3c(Cl)cccc3Cl)C(=O)N2)c(C)c1. The van der Waals surface area contributed by atoms with Crippen LogP contribution in [0.5, 0.6) is 0 Å². The van der Waals surface area contributed by atoms with Crippen LogP contribution in [0.1, 0.15) is 22.3 Å². The number of carbonyl (C=O) groups is 1. The van der Waals surface area contributed by atoms with Gasteiger partial charge in [-0.1, -0.05) is 53.0 Å². The van der Waals surface area contributed by atoms with Gasteiger partial charge in [0.2, 0.25) is 0 Å². The lowest BCUT2D eigenvalue weighted by Crippen LogP contribution is -2.16. The summed E-state index contributed by atoms with van der Waals surface area (Å²) < 4.78 is 0. The lowest BCUT2D eigenvalue weighted by molar-refractivity contribution is -0.115. The molecule has 0 aliphatic carbocycles. The van der Waals surface area contributed by atoms with Crippen LogP contribution in [0, 0.1) is 13.8 Å². The molecule has 0 bridgehead atoms. The number of nitrogens with one attached hydrogen (secondary N) is 1. The van der Waals surface area contributed by atoms with Crippen molar-refractivity contribution in [3.8, 4) is 0 Å². The molecular weight excluding hydrogens is 329 g/mol. The van der Waals surface area contributed by atoms with E-state index in [9.17, 15) is 4.79 Å². The second-order valence-electron chi connectivity index (χ2n) is 5.57. The average molecular weight is 344 g/mol. The van der Waals surface area contributed by atoms with Crippen LogP contribution in [-0.2, 0) is 4.79 Å². The first kappa shape index (κ1) is 15.9. The van der Waals surface area contributed by atoms with E-state index >= 15 is 0 Å². The number of amides is 1. The highest BCUT2D eigenvalue weighted by atomic mass is 35.5. The molecule has 4 heteroatoms. The van der Waals surface area contributed by atoms with Gasteiger partial charge in [0.05, 0.1) is 0 Å². The number of carbonyl (C=O) groups excluding carboxylic acids is 1. The monoisotopic (exact) mass is 343 g/mol. The van der Waals surface area contributed by atoms with Gasteiger partial charge >= 0.3 is 0 Å². The van der Waals surface area contributed by atoms with Gasteiger partial charge in [0.25, 0.3) is 5.91 Å². The highest BCUT2D eigenvalue weighted by molar-refractivity contribution is 6.37. The van der Waals surface area contributed by atoms with Crippen LogP contribution in [0.4, 0.5) is 0 Å². The quantitative estimate of drug-likeness (QED) is 0.749. The van der Waals surface area contributed by atoms with E-state index in [0.717, 1.165) is 16.8 Å². The zero-order valence-corrected chi connectivity index (χ0v) is 14.3. The predicted molar refractivity (Wildman–Crippen MR) is 96.5 cm³/mol. The maximum atomic E-state index is 12.2. The molecule has 0 atom stereocenters. The Bertz CT molecular complexity index is 845. The van der Waals surface area contributed by atoms with Gasteiger partial charge in [-0.25, -0.2) is 0 Å². The summed E-state index contributed by atoms with van der Waals surface area (Å²) in [5, 5.41) is 3.95. The minimum Gasteiger partial charge on any atom is -0.321 e. The summed E-state index contributed by atoms with van der Waals surface area (Å²) in [6, 6.07) is 11.4. The lowest BCUT2D eigenvalue weighted by Gasteiger charge is -2.07. The molecule has 0 unspecified atom stereocenters. The molecule has 3 rings (SSSR count). The molecule has 1 N–H and O–H groups in total. The Morgan fingerprint density at radius 2 is 1.74 bits per heavy atom. The van der Waals surface area contributed by atoms with Crippen LogP contribution in [0.25, 0.3) is 11.8 Å². The first-order valence-corrected chi connectivity index (χ1v) is 7.97. The van der Waals surface area contributed by atoms with Crippen molar-refractivity contribution in [3.63, 3.8) is 0 Å². The van der Waals surface area contributed by atoms with E-state index in [0.29, 0.717) is 21.2 Å². The van der Waals surface area contributed by atoms with Crippen LogP contribution in [0.3, 0.4) is 0 Å². The van der Waals surface area contributed by atoms with Gasteiger partial charge in [-0.2, -0.15) is 0 Å². The molecule has 0 fully saturated rings. The molecule has 0 saturated heterocycles. The molecule has 0 aromatic heterocycles. The largest absolute Gasteiger partial charge is 0.321 e. The number of benzene rings is 2. The molecule has 2 aromatic carbocycles. The number of hydrogen-bond donors (Lipinski definition) is 1. The second-order valence-corrected chi connectivity index (χ2v) is 6.38. The number of halogens is 2. The van der Waals surface area contributed by atoms with Crippen LogP contribution in [-0.4, -0.2) is 5.91 Å². The van der Waals surface area contributed by atoms with Crippen molar-refractivity contribution in [1.29, 1.82) is 0 Å². The van der Waals surface area contributed by atoms with Crippen molar-refractivity contribution in [3.05, 3.63) is 80.3 Å². The van der Waals surface area contributed by atoms with Crippen LogP contribution in [0.2, 0.25) is 10.0 Å². The third-order valence-electron chi connectivity index (χ3n) is 3.78. The van der Waals surface area contributed by atoms with Gasteiger partial charge in [0.1, 0.15) is 0 Å². The van der Waals surface area contributed by atoms with Crippen LogP contribution in [0.15, 0.2) is 48.0 Å². The smallest absolute Gasteiger partial charge is 0.255 e. The van der Waals surface area contributed by atoms with Crippen molar-refractivity contribution in [2.24, 2.45) is 0 Å². The molecule has 0 spiro atoms. The fraction of sp³-hybridized carbons (Fsp3) is 0.105. The maximum absolute atomic E-state index is 12.2. The van der Waals surface area contributed by atoms with Gasteiger partial charge in [-0.15, -0.1) is 0 Å². The number of hydrogen-bond acceptors (Lipinski definition) is 1. The number of rotatable bonds is 2. The van der Waals surface area contributed by atoms with Crippen molar-refractivity contribution < 1.29 is 4.79 Å². The molecule has 1 aliphatic heterocycles. The molecule has 1 amide bonds. The van der Waals surface area contributed by atoms with Crippen molar-refractivity contribution in [2.75, 3.05) is 0 Å². The Labute approximate surface area is 145 Å². The summed E-state index contributed by atoms with van der Waals surface area (Å²) in [7, 11) is 0. The molecule has 1 heterocycles. The summed E-state index contributed by atoms with van der Waals surface area (Å²) >= 11 is 12.3. The molecule has 0 saturated carbocycles. The van der Waals surface area contributed by atoms with Crippen LogP contribution >= 0.6 is 23.2 Å². The Balaban J connectivity index is 2.03. The Morgan fingerprint density at radius 3 is 2.39 bits per heavy atom. The summed E-state index contributed by atoms with van der Waals surface area (Å²) in [5.41, 5.74) is 5.30. The van der Waals surface area contributed by atoms with Gasteiger partial charge in [-0.05, 0) is 43.7 Å². The highest BCUT2D eigenvalue weighted by Gasteiger charge is 2.20. The lowest BCUT2D eigenvalue weighted by atomic mass is 10.0. The van der Waals surface area contributed by atoms with E-state index < -0.39 is 0 Å². The van der Waals surface area contributed by atoms with E-state index in [4.69, 9.17) is 23.2 Å². The third-order valence-corrected chi connectivity index (χ3v) is 4.44. The molecule has 23 heavy (non-hydrogen) atoms. The molecule has 116 valence electrons. The molecule has 2 aromatic rings. The van der Waals surface area contributed by atoms with Gasteiger partial charge in [0.15, 0.2) is 0 Å². The van der Waals surface area contributed by atoms with Gasteiger partial charge in [0, 0.05) is 32.4 Å². The third kappa shape index (κ3) is 3.19. The normalized spacial score (nSPS) is 15.7. The molecule has 0 radical (unpaired) electrons. The summed E-state index contributed by atoms with van der Waals surface area (Å²) in [6.45, 7) is 4.07. The topological polar surface area (TPSA) is 29.1 Å². The minimum absolute atomic E-state index is 0.157. The van der Waals surface area contributed by atoms with E-state index in [1.807, 2.05) is 32.1 Å². The summed E-state index contributed by atoms with van der Waals surface area (Å²) in [5.74, 6) is -0.157. The van der Waals surface area contributed by atoms with Crippen LogP contribution < -0.4 is 5.32 Å². The maximum Gasteiger partial charge on any atom is 0.255 e. The summed E-state index contributed by atoms with van der Waals surface area (Å²) in [4.78, 5) is 12.2. The Hall–Kier alpha value is -2.03. The molecule has 2 nitrogen and oxygen atoms in total. The first-order valence-electron chi connectivity index (χ1n) is 7.22. The van der Waals surface area contributed by atoms with Crippen molar-refractivity contribution >= 4 is 40.9 Å². The zero-order chi connectivity index (χ0) is 16.6. The summed E-state index contributed by atoms with van der Waals surface area (Å²) in [6.07, 6.45) is 3.55. The van der Waals surface area contributed by atoms with Crippen molar-refractivity contribution in [2.45, 2.75) is 13.8 Å². The Morgan fingerprint density at radius 1 is 1.04 bits per heavy atom. The highest BCUT2D eigenvalue weighted by Crippen LogP contribution is 2.30. The van der Waals surface area contributed by atoms with Gasteiger partial charge in [-0.3, -0.25) is 4.79 Å². The van der Waals surface area contributed by atoms with E-state index in [2.05, 4.69) is 11.4 Å². The fourth-order valence-corrected chi connectivity index (χ4v) is 3.13. The average Bonchev–Trinajstić information content (AvgIpc) is 2.84. The van der Waals surface area contributed by atoms with E-state index in [1.165, 1.54) is 5.56 Å². The fourth-order valence-electron chi connectivity index (χ4n) is 2.62. The first-order chi connectivity index (χ1) is 11.0. The number of aryl methyl sites for hydroxylation is 2. The minimum atomic E-state index is -0.157. The zero-order valence-electron chi connectivity index (χ0n) is 12.8. The molecular formula is C19H15Cl2NO.